The average molecular weight is 232 g/mol. The lowest BCUT2D eigenvalue weighted by Crippen LogP contribution is -2.09. The maximum absolute atomic E-state index is 12.6. The summed E-state index contributed by atoms with van der Waals surface area (Å²) in [5.41, 5.74) is -2.49. The predicted octanol–water partition coefficient (Wildman–Crippen LogP) is 1.71. The lowest BCUT2D eigenvalue weighted by atomic mass is 10.1. The van der Waals surface area contributed by atoms with Crippen molar-refractivity contribution < 1.29 is 23.2 Å². The van der Waals surface area contributed by atoms with E-state index in [9.17, 15) is 23.7 Å². The first kappa shape index (κ1) is 12.0. The first-order chi connectivity index (χ1) is 7.49. The van der Waals surface area contributed by atoms with E-state index < -0.39 is 34.1 Å². The van der Waals surface area contributed by atoms with Gasteiger partial charge in [-0.15, -0.1) is 0 Å². The SMILES string of the molecule is COC(=O)c1cncc([N+](=O)[O-])c1C(F)F. The third-order valence-corrected chi connectivity index (χ3v) is 1.79. The second kappa shape index (κ2) is 4.60. The first-order valence-corrected chi connectivity index (χ1v) is 3.97. The topological polar surface area (TPSA) is 82.3 Å². The molecule has 0 aliphatic heterocycles. The van der Waals surface area contributed by atoms with E-state index in [0.717, 1.165) is 13.3 Å². The van der Waals surface area contributed by atoms with E-state index in [2.05, 4.69) is 9.72 Å². The molecule has 0 unspecified atom stereocenters. The van der Waals surface area contributed by atoms with Crippen LogP contribution in [-0.2, 0) is 4.74 Å². The Bertz CT molecular complexity index is 436. The van der Waals surface area contributed by atoms with Gasteiger partial charge in [0.2, 0.25) is 0 Å². The Morgan fingerprint density at radius 3 is 2.62 bits per heavy atom. The normalized spacial score (nSPS) is 10.2. The third kappa shape index (κ3) is 2.10. The highest BCUT2D eigenvalue weighted by Crippen LogP contribution is 2.31. The molecule has 0 saturated carbocycles. The number of carbonyl (C=O) groups excluding carboxylic acids is 1. The molecule has 6 nitrogen and oxygen atoms in total. The van der Waals surface area contributed by atoms with Gasteiger partial charge in [-0.2, -0.15) is 0 Å². The van der Waals surface area contributed by atoms with Crippen LogP contribution in [0.5, 0.6) is 0 Å². The predicted molar refractivity (Wildman–Crippen MR) is 47.2 cm³/mol. The number of methoxy groups -OCH3 is 1. The minimum atomic E-state index is -3.16. The van der Waals surface area contributed by atoms with Crippen molar-refractivity contribution in [3.8, 4) is 0 Å². The fourth-order valence-electron chi connectivity index (χ4n) is 1.11. The van der Waals surface area contributed by atoms with Crippen LogP contribution < -0.4 is 0 Å². The highest BCUT2D eigenvalue weighted by molar-refractivity contribution is 5.91. The molecule has 16 heavy (non-hydrogen) atoms. The van der Waals surface area contributed by atoms with Crippen molar-refractivity contribution in [1.82, 2.24) is 4.98 Å². The van der Waals surface area contributed by atoms with E-state index in [1.165, 1.54) is 0 Å². The summed E-state index contributed by atoms with van der Waals surface area (Å²) in [4.78, 5) is 23.9. The molecule has 0 fully saturated rings. The van der Waals surface area contributed by atoms with Gasteiger partial charge in [0.1, 0.15) is 11.8 Å². The highest BCUT2D eigenvalue weighted by atomic mass is 19.3. The minimum Gasteiger partial charge on any atom is -0.465 e. The molecule has 0 atom stereocenters. The van der Waals surface area contributed by atoms with Crippen LogP contribution in [0.15, 0.2) is 12.4 Å². The number of carbonyl (C=O) groups is 1. The Morgan fingerprint density at radius 1 is 1.56 bits per heavy atom. The average Bonchev–Trinajstić information content (AvgIpc) is 2.26. The van der Waals surface area contributed by atoms with Crippen LogP contribution in [-0.4, -0.2) is 23.0 Å². The maximum atomic E-state index is 12.6. The summed E-state index contributed by atoms with van der Waals surface area (Å²) in [7, 11) is 0.983. The van der Waals surface area contributed by atoms with E-state index >= 15 is 0 Å². The number of rotatable bonds is 3. The van der Waals surface area contributed by atoms with Crippen LogP contribution >= 0.6 is 0 Å². The van der Waals surface area contributed by atoms with Gasteiger partial charge in [0.25, 0.3) is 12.1 Å². The zero-order chi connectivity index (χ0) is 12.3. The number of ether oxygens (including phenoxy) is 1. The molecular weight excluding hydrogens is 226 g/mol. The molecule has 86 valence electrons. The Morgan fingerprint density at radius 2 is 2.19 bits per heavy atom. The molecular formula is C8H6F2N2O4. The molecule has 0 N–H and O–H groups in total. The highest BCUT2D eigenvalue weighted by Gasteiger charge is 2.29. The summed E-state index contributed by atoms with van der Waals surface area (Å²) >= 11 is 0. The number of halogens is 2. The van der Waals surface area contributed by atoms with Gasteiger partial charge in [0.15, 0.2) is 0 Å². The van der Waals surface area contributed by atoms with Gasteiger partial charge in [-0.05, 0) is 0 Å². The fraction of sp³-hybridized carbons (Fsp3) is 0.250. The molecule has 1 aromatic rings. The molecule has 1 heterocycles. The Balaban J connectivity index is 3.44. The number of esters is 1. The quantitative estimate of drug-likeness (QED) is 0.450. The van der Waals surface area contributed by atoms with E-state index in [1.54, 1.807) is 0 Å². The van der Waals surface area contributed by atoms with Crippen LogP contribution in [0.3, 0.4) is 0 Å². The minimum absolute atomic E-state index is 0.605. The number of hydrogen-bond acceptors (Lipinski definition) is 5. The summed E-state index contributed by atoms with van der Waals surface area (Å²) in [6.45, 7) is 0. The summed E-state index contributed by atoms with van der Waals surface area (Å²) in [6, 6.07) is 0. The molecule has 1 rings (SSSR count). The van der Waals surface area contributed by atoms with Crippen LogP contribution in [0.25, 0.3) is 0 Å². The maximum Gasteiger partial charge on any atom is 0.340 e. The lowest BCUT2D eigenvalue weighted by molar-refractivity contribution is -0.386. The number of pyridine rings is 1. The van der Waals surface area contributed by atoms with E-state index in [0.29, 0.717) is 6.20 Å². The van der Waals surface area contributed by atoms with Crippen LogP contribution in [0, 0.1) is 10.1 Å². The number of hydrogen-bond donors (Lipinski definition) is 0. The van der Waals surface area contributed by atoms with E-state index in [-0.39, 0.29) is 0 Å². The van der Waals surface area contributed by atoms with Gasteiger partial charge in [0.05, 0.1) is 17.6 Å². The summed E-state index contributed by atoms with van der Waals surface area (Å²) in [5, 5.41) is 10.5. The lowest BCUT2D eigenvalue weighted by Gasteiger charge is -2.06. The molecule has 0 saturated heterocycles. The Hall–Kier alpha value is -2.12. The monoisotopic (exact) mass is 232 g/mol. The first-order valence-electron chi connectivity index (χ1n) is 3.97. The second-order valence-electron chi connectivity index (χ2n) is 2.67. The van der Waals surface area contributed by atoms with Crippen molar-refractivity contribution in [2.24, 2.45) is 0 Å². The zero-order valence-corrected chi connectivity index (χ0v) is 8.02. The Labute approximate surface area is 88.0 Å². The van der Waals surface area contributed by atoms with Gasteiger partial charge >= 0.3 is 5.97 Å². The van der Waals surface area contributed by atoms with Crippen LogP contribution in [0.4, 0.5) is 14.5 Å². The number of aromatic nitrogens is 1. The van der Waals surface area contributed by atoms with Crippen molar-refractivity contribution in [2.75, 3.05) is 7.11 Å². The molecule has 8 heteroatoms. The summed E-state index contributed by atoms with van der Waals surface area (Å²) < 4.78 is 29.4. The molecule has 1 aromatic heterocycles. The van der Waals surface area contributed by atoms with E-state index in [4.69, 9.17) is 0 Å². The van der Waals surface area contributed by atoms with Crippen LogP contribution in [0.1, 0.15) is 22.3 Å². The van der Waals surface area contributed by atoms with Crippen molar-refractivity contribution >= 4 is 11.7 Å². The Kier molecular flexibility index (Phi) is 3.44. The fourth-order valence-corrected chi connectivity index (χ4v) is 1.11. The van der Waals surface area contributed by atoms with Crippen LogP contribution in [0.2, 0.25) is 0 Å². The molecule has 0 amide bonds. The molecule has 0 radical (unpaired) electrons. The smallest absolute Gasteiger partial charge is 0.340 e. The zero-order valence-electron chi connectivity index (χ0n) is 8.02. The number of nitro groups is 1. The largest absolute Gasteiger partial charge is 0.465 e. The standard InChI is InChI=1S/C8H6F2N2O4/c1-16-8(13)4-2-11-3-5(12(14)15)6(4)7(9)10/h2-3,7H,1H3. The summed E-state index contributed by atoms with van der Waals surface area (Å²) in [6.07, 6.45) is -1.69. The van der Waals surface area contributed by atoms with Gasteiger partial charge in [0, 0.05) is 6.20 Å². The van der Waals surface area contributed by atoms with Crippen molar-refractivity contribution in [3.05, 3.63) is 33.6 Å². The number of alkyl halides is 2. The molecule has 0 spiro atoms. The van der Waals surface area contributed by atoms with Crippen molar-refractivity contribution in [1.29, 1.82) is 0 Å². The number of nitrogens with zero attached hydrogens (tertiary/aromatic N) is 2. The van der Waals surface area contributed by atoms with Gasteiger partial charge in [-0.3, -0.25) is 15.1 Å². The third-order valence-electron chi connectivity index (χ3n) is 1.79. The molecule has 0 aromatic carbocycles. The van der Waals surface area contributed by atoms with E-state index in [1.807, 2.05) is 0 Å². The molecule has 0 aliphatic rings. The molecule has 0 aliphatic carbocycles. The summed E-state index contributed by atoms with van der Waals surface area (Å²) in [5.74, 6) is -1.09. The van der Waals surface area contributed by atoms with Gasteiger partial charge in [-0.25, -0.2) is 13.6 Å². The molecule has 0 bridgehead atoms. The second-order valence-corrected chi connectivity index (χ2v) is 2.67. The van der Waals surface area contributed by atoms with Gasteiger partial charge < -0.3 is 4.74 Å². The van der Waals surface area contributed by atoms with Gasteiger partial charge in [-0.1, -0.05) is 0 Å². The van der Waals surface area contributed by atoms with Crippen molar-refractivity contribution in [3.63, 3.8) is 0 Å². The van der Waals surface area contributed by atoms with Crippen molar-refractivity contribution in [2.45, 2.75) is 6.43 Å².